The predicted octanol–water partition coefficient (Wildman–Crippen LogP) is 1.91. The second-order valence-corrected chi connectivity index (χ2v) is 9.76. The first-order valence-corrected chi connectivity index (χ1v) is 12.4. The van der Waals surface area contributed by atoms with E-state index in [9.17, 15) is 19.2 Å². The molecule has 0 radical (unpaired) electrons. The molecule has 36 heavy (non-hydrogen) atoms. The second-order valence-electron chi connectivity index (χ2n) is 9.76. The lowest BCUT2D eigenvalue weighted by Gasteiger charge is -2.31. The largest absolute Gasteiger partial charge is 0.435 e. The topological polar surface area (TPSA) is 134 Å². The molecule has 2 amide bonds. The highest BCUT2D eigenvalue weighted by atomic mass is 16.4. The van der Waals surface area contributed by atoms with Gasteiger partial charge in [-0.25, -0.2) is 14.8 Å². The molecule has 1 saturated carbocycles. The van der Waals surface area contributed by atoms with Crippen LogP contribution in [0.5, 0.6) is 0 Å². The highest BCUT2D eigenvalue weighted by Gasteiger charge is 2.33. The van der Waals surface area contributed by atoms with E-state index in [1.54, 1.807) is 29.8 Å². The van der Waals surface area contributed by atoms with Gasteiger partial charge in [-0.05, 0) is 45.6 Å². The Morgan fingerprint density at radius 1 is 1.19 bits per heavy atom. The summed E-state index contributed by atoms with van der Waals surface area (Å²) in [4.78, 5) is 66.0. The molecule has 1 aliphatic carbocycles. The number of H-pyrrole nitrogens is 1. The van der Waals surface area contributed by atoms with E-state index in [0.717, 1.165) is 31.4 Å². The fourth-order valence-corrected chi connectivity index (χ4v) is 4.75. The first-order chi connectivity index (χ1) is 17.2. The quantitative estimate of drug-likeness (QED) is 0.572. The number of carbonyl (C=O) groups is 2. The van der Waals surface area contributed by atoms with E-state index < -0.39 is 11.2 Å². The van der Waals surface area contributed by atoms with Crippen molar-refractivity contribution in [2.24, 2.45) is 7.05 Å². The predicted molar refractivity (Wildman–Crippen MR) is 131 cm³/mol. The molecule has 2 fully saturated rings. The maximum Gasteiger partial charge on any atom is 0.329 e. The SMILES string of the molecule is CCN(C)C(=O)c1oc(C2CCCN(C(=O)c3cc(C4CC4)nc4c3c(=O)[nH]c(=O)n4C)C2)nc1C. The zero-order valence-electron chi connectivity index (χ0n) is 21.0. The van der Waals surface area contributed by atoms with Gasteiger partial charge in [0.2, 0.25) is 5.76 Å². The third-order valence-corrected chi connectivity index (χ3v) is 7.20. The van der Waals surface area contributed by atoms with E-state index in [1.165, 1.54) is 11.6 Å². The maximum absolute atomic E-state index is 13.8. The lowest BCUT2D eigenvalue weighted by Crippen LogP contribution is -2.40. The summed E-state index contributed by atoms with van der Waals surface area (Å²) in [6, 6.07) is 1.71. The van der Waals surface area contributed by atoms with Gasteiger partial charge in [-0.1, -0.05) is 0 Å². The van der Waals surface area contributed by atoms with Gasteiger partial charge >= 0.3 is 5.69 Å². The Balaban J connectivity index is 1.49. The van der Waals surface area contributed by atoms with E-state index in [-0.39, 0.29) is 46.0 Å². The summed E-state index contributed by atoms with van der Waals surface area (Å²) in [5.74, 6) is 0.211. The number of oxazole rings is 1. The minimum atomic E-state index is -0.619. The number of carbonyl (C=O) groups excluding carboxylic acids is 2. The number of likely N-dealkylation sites (tertiary alicyclic amines) is 1. The minimum Gasteiger partial charge on any atom is -0.435 e. The molecule has 3 aromatic heterocycles. The van der Waals surface area contributed by atoms with E-state index in [1.807, 2.05) is 6.92 Å². The van der Waals surface area contributed by atoms with Crippen molar-refractivity contribution in [2.75, 3.05) is 26.7 Å². The van der Waals surface area contributed by atoms with Gasteiger partial charge in [0, 0.05) is 45.3 Å². The van der Waals surface area contributed by atoms with Crippen molar-refractivity contribution in [1.29, 1.82) is 0 Å². The van der Waals surface area contributed by atoms with Gasteiger partial charge in [0.1, 0.15) is 5.65 Å². The summed E-state index contributed by atoms with van der Waals surface area (Å²) in [6.45, 7) is 5.05. The van der Waals surface area contributed by atoms with Crippen molar-refractivity contribution in [3.63, 3.8) is 0 Å². The summed E-state index contributed by atoms with van der Waals surface area (Å²) in [6.07, 6.45) is 3.42. The van der Waals surface area contributed by atoms with Gasteiger partial charge in [0.25, 0.3) is 17.4 Å². The first kappa shape index (κ1) is 24.0. The molecule has 11 nitrogen and oxygen atoms in total. The van der Waals surface area contributed by atoms with E-state index in [0.29, 0.717) is 31.2 Å². The van der Waals surface area contributed by atoms with Crippen LogP contribution in [-0.2, 0) is 7.05 Å². The molecule has 0 bridgehead atoms. The number of amides is 2. The molecule has 11 heteroatoms. The minimum absolute atomic E-state index is 0.121. The van der Waals surface area contributed by atoms with Crippen LogP contribution in [-0.4, -0.2) is 67.8 Å². The zero-order valence-corrected chi connectivity index (χ0v) is 21.0. The maximum atomic E-state index is 13.8. The Kier molecular flexibility index (Phi) is 6.01. The Morgan fingerprint density at radius 3 is 2.64 bits per heavy atom. The van der Waals surface area contributed by atoms with Crippen LogP contribution in [0.25, 0.3) is 11.0 Å². The molecule has 1 atom stereocenters. The monoisotopic (exact) mass is 494 g/mol. The number of aromatic nitrogens is 4. The Hall–Kier alpha value is -3.76. The summed E-state index contributed by atoms with van der Waals surface area (Å²) < 4.78 is 7.18. The van der Waals surface area contributed by atoms with Crippen LogP contribution in [0.2, 0.25) is 0 Å². The molecule has 1 aliphatic heterocycles. The molecule has 0 spiro atoms. The molecule has 190 valence electrons. The van der Waals surface area contributed by atoms with E-state index >= 15 is 0 Å². The fourth-order valence-electron chi connectivity index (χ4n) is 4.75. The van der Waals surface area contributed by atoms with Crippen molar-refractivity contribution in [1.82, 2.24) is 29.3 Å². The van der Waals surface area contributed by atoms with Gasteiger partial charge in [-0.3, -0.25) is 23.9 Å². The van der Waals surface area contributed by atoms with Crippen molar-refractivity contribution in [3.8, 4) is 0 Å². The number of pyridine rings is 1. The highest BCUT2D eigenvalue weighted by Crippen LogP contribution is 2.40. The molecule has 1 unspecified atom stereocenters. The Morgan fingerprint density at radius 2 is 1.94 bits per heavy atom. The second kappa shape index (κ2) is 9.03. The Labute approximate surface area is 207 Å². The molecule has 5 rings (SSSR count). The molecule has 4 heterocycles. The average molecular weight is 495 g/mol. The van der Waals surface area contributed by atoms with Crippen LogP contribution in [0, 0.1) is 6.92 Å². The third-order valence-electron chi connectivity index (χ3n) is 7.20. The number of fused-ring (bicyclic) bond motifs is 1. The molecule has 1 saturated heterocycles. The number of nitrogens with zero attached hydrogens (tertiary/aromatic N) is 5. The number of hydrogen-bond donors (Lipinski definition) is 1. The first-order valence-electron chi connectivity index (χ1n) is 12.4. The smallest absolute Gasteiger partial charge is 0.329 e. The van der Waals surface area contributed by atoms with Crippen LogP contribution >= 0.6 is 0 Å². The van der Waals surface area contributed by atoms with Crippen molar-refractivity contribution in [2.45, 2.75) is 51.4 Å². The number of hydrogen-bond acceptors (Lipinski definition) is 7. The van der Waals surface area contributed by atoms with Crippen LogP contribution < -0.4 is 11.2 Å². The van der Waals surface area contributed by atoms with Crippen LogP contribution in [0.1, 0.15) is 82.6 Å². The molecule has 1 N–H and O–H groups in total. The van der Waals surface area contributed by atoms with Gasteiger partial charge in [0.05, 0.1) is 22.6 Å². The molecule has 2 aliphatic rings. The summed E-state index contributed by atoms with van der Waals surface area (Å²) in [5.41, 5.74) is 0.543. The fraction of sp³-hybridized carbons (Fsp3) is 0.520. The van der Waals surface area contributed by atoms with Crippen LogP contribution in [0.4, 0.5) is 0 Å². The standard InChI is InChI=1S/C25H30N6O5/c1-5-29(3)24(34)19-13(2)26-22(36-19)15-7-6-10-31(12-15)23(33)16-11-17(14-8-9-14)27-20-18(16)21(32)28-25(35)30(20)4/h11,14-15H,5-10,12H2,1-4H3,(H,28,32,35). The van der Waals surface area contributed by atoms with Crippen LogP contribution in [0.15, 0.2) is 20.1 Å². The van der Waals surface area contributed by atoms with Gasteiger partial charge in [-0.15, -0.1) is 0 Å². The number of nitrogens with one attached hydrogen (secondary N) is 1. The Bertz CT molecular complexity index is 1480. The highest BCUT2D eigenvalue weighted by molar-refractivity contribution is 6.05. The zero-order chi connectivity index (χ0) is 25.7. The summed E-state index contributed by atoms with van der Waals surface area (Å²) >= 11 is 0. The number of rotatable bonds is 5. The lowest BCUT2D eigenvalue weighted by atomic mass is 9.96. The molecule has 0 aromatic carbocycles. The van der Waals surface area contributed by atoms with Gasteiger partial charge < -0.3 is 14.2 Å². The molecular formula is C25H30N6O5. The van der Waals surface area contributed by atoms with E-state index in [4.69, 9.17) is 4.42 Å². The van der Waals surface area contributed by atoms with Gasteiger partial charge in [0.15, 0.2) is 5.89 Å². The number of aryl methyl sites for hydroxylation is 2. The molecular weight excluding hydrogens is 464 g/mol. The molecule has 3 aromatic rings. The van der Waals surface area contributed by atoms with Crippen molar-refractivity contribution < 1.29 is 14.0 Å². The average Bonchev–Trinajstić information content (AvgIpc) is 3.66. The number of aromatic amines is 1. The van der Waals surface area contributed by atoms with E-state index in [2.05, 4.69) is 15.0 Å². The van der Waals surface area contributed by atoms with Crippen LogP contribution in [0.3, 0.4) is 0 Å². The normalized spacial score (nSPS) is 18.0. The number of piperidine rings is 1. The van der Waals surface area contributed by atoms with Gasteiger partial charge in [-0.2, -0.15) is 0 Å². The lowest BCUT2D eigenvalue weighted by molar-refractivity contribution is 0.0691. The third kappa shape index (κ3) is 4.12. The van der Waals surface area contributed by atoms with Crippen molar-refractivity contribution in [3.05, 3.63) is 55.5 Å². The van der Waals surface area contributed by atoms with Crippen molar-refractivity contribution >= 4 is 22.8 Å². The summed E-state index contributed by atoms with van der Waals surface area (Å²) in [5, 5.41) is 0.121. The summed E-state index contributed by atoms with van der Waals surface area (Å²) in [7, 11) is 3.24.